The molecule has 0 spiro atoms. The summed E-state index contributed by atoms with van der Waals surface area (Å²) in [5.74, 6) is 0.139. The van der Waals surface area contributed by atoms with Crippen LogP contribution in [-0.4, -0.2) is 35.7 Å². The summed E-state index contributed by atoms with van der Waals surface area (Å²) in [4.78, 5) is 15.6. The summed E-state index contributed by atoms with van der Waals surface area (Å²) in [6.07, 6.45) is 11.6. The monoisotopic (exact) mass is 575 g/mol. The van der Waals surface area contributed by atoms with Crippen LogP contribution in [0.2, 0.25) is 0 Å². The van der Waals surface area contributed by atoms with Crippen molar-refractivity contribution in [3.05, 3.63) is 109 Å². The molecule has 3 aromatic heterocycles. The van der Waals surface area contributed by atoms with Crippen LogP contribution in [-0.2, 0) is 12.8 Å². The number of guanidine groups is 1. The number of hydrogen-bond acceptors (Lipinski definition) is 6. The third-order valence-corrected chi connectivity index (χ3v) is 8.24. The molecule has 0 aliphatic carbocycles. The highest BCUT2D eigenvalue weighted by Crippen LogP contribution is 2.36. The molecule has 7 nitrogen and oxygen atoms in total. The number of nitrogens with one attached hydrogen (secondary N) is 1. The predicted molar refractivity (Wildman–Crippen MR) is 176 cm³/mol. The Labute approximate surface area is 251 Å². The van der Waals surface area contributed by atoms with Gasteiger partial charge in [-0.15, -0.1) is 11.3 Å². The van der Waals surface area contributed by atoms with Crippen molar-refractivity contribution < 1.29 is 0 Å². The quantitative estimate of drug-likeness (QED) is 0.0603. The first-order valence-corrected chi connectivity index (χ1v) is 15.1. The zero-order valence-corrected chi connectivity index (χ0v) is 24.5. The largest absolute Gasteiger partial charge is 0.370 e. The van der Waals surface area contributed by atoms with Crippen molar-refractivity contribution in [1.29, 1.82) is 0 Å². The average molecular weight is 576 g/mol. The molecule has 214 valence electrons. The van der Waals surface area contributed by atoms with E-state index in [1.165, 1.54) is 26.4 Å². The van der Waals surface area contributed by atoms with Crippen LogP contribution in [0, 0.1) is 0 Å². The van der Waals surface area contributed by atoms with Gasteiger partial charge in [-0.3, -0.25) is 15.0 Å². The third kappa shape index (κ3) is 7.88. The Morgan fingerprint density at radius 1 is 0.667 bits per heavy atom. The van der Waals surface area contributed by atoms with Gasteiger partial charge in [-0.05, 0) is 78.7 Å². The number of aromatic nitrogens is 2. The molecule has 0 radical (unpaired) electrons. The molecular formula is C34H37N7S. The van der Waals surface area contributed by atoms with Crippen molar-refractivity contribution in [1.82, 2.24) is 15.3 Å². The molecule has 5 rings (SSSR count). The summed E-state index contributed by atoms with van der Waals surface area (Å²) >= 11 is 1.75. The van der Waals surface area contributed by atoms with Gasteiger partial charge in [0.15, 0.2) is 5.96 Å². The van der Waals surface area contributed by atoms with Crippen LogP contribution in [0.4, 0.5) is 0 Å². The maximum Gasteiger partial charge on any atom is 0.185 e. The maximum atomic E-state index is 5.54. The Hall–Kier alpha value is -4.37. The second-order valence-electron chi connectivity index (χ2n) is 10.2. The molecule has 8 heteroatoms. The van der Waals surface area contributed by atoms with E-state index in [1.807, 2.05) is 24.8 Å². The number of nitrogens with two attached hydrogens (primary N) is 3. The lowest BCUT2D eigenvalue weighted by molar-refractivity contribution is 0.661. The number of pyridine rings is 2. The van der Waals surface area contributed by atoms with Crippen LogP contribution in [0.3, 0.4) is 0 Å². The number of aliphatic imine (C=N–C) groups is 1. The smallest absolute Gasteiger partial charge is 0.185 e. The van der Waals surface area contributed by atoms with E-state index in [1.54, 1.807) is 11.3 Å². The summed E-state index contributed by atoms with van der Waals surface area (Å²) in [5, 5.41) is 3.18. The first-order valence-electron chi connectivity index (χ1n) is 14.2. The lowest BCUT2D eigenvalue weighted by atomic mass is 10.0. The first-order chi connectivity index (χ1) is 20.6. The van der Waals surface area contributed by atoms with E-state index in [0.29, 0.717) is 13.2 Å². The summed E-state index contributed by atoms with van der Waals surface area (Å²) in [6.45, 7) is 2.07. The van der Waals surface area contributed by atoms with E-state index in [0.717, 1.165) is 60.0 Å². The van der Waals surface area contributed by atoms with Crippen molar-refractivity contribution >= 4 is 17.3 Å². The number of rotatable bonds is 13. The first kappa shape index (κ1) is 29.1. The Bertz CT molecular complexity index is 1640. The van der Waals surface area contributed by atoms with Gasteiger partial charge in [0, 0.05) is 70.0 Å². The molecule has 2 aromatic carbocycles. The van der Waals surface area contributed by atoms with E-state index in [4.69, 9.17) is 17.2 Å². The molecule has 0 fully saturated rings. The van der Waals surface area contributed by atoms with Gasteiger partial charge < -0.3 is 22.5 Å². The van der Waals surface area contributed by atoms with Crippen molar-refractivity contribution in [2.24, 2.45) is 22.2 Å². The van der Waals surface area contributed by atoms with Crippen molar-refractivity contribution in [3.63, 3.8) is 0 Å². The van der Waals surface area contributed by atoms with E-state index < -0.39 is 0 Å². The molecule has 0 unspecified atom stereocenters. The molecule has 42 heavy (non-hydrogen) atoms. The number of hydrogen-bond donors (Lipinski definition) is 4. The molecule has 0 bridgehead atoms. The molecule has 0 amide bonds. The van der Waals surface area contributed by atoms with Crippen molar-refractivity contribution in [3.8, 4) is 43.1 Å². The Kier molecular flexibility index (Phi) is 10.1. The van der Waals surface area contributed by atoms with Gasteiger partial charge in [0.05, 0.1) is 0 Å². The van der Waals surface area contributed by atoms with Crippen LogP contribution in [0.25, 0.3) is 43.1 Å². The van der Waals surface area contributed by atoms with E-state index in [2.05, 4.69) is 93.1 Å². The van der Waals surface area contributed by atoms with Crippen LogP contribution in [0.5, 0.6) is 0 Å². The minimum absolute atomic E-state index is 0.139. The standard InChI is InChI=1S/C34H37N7S/c35-23-38-13-3-7-24-5-1-9-26(15-24)28-17-30(21-39-19-28)32-11-12-33(42-32)31-18-29(20-40-22-31)27-10-2-6-25(16-27)8-4-14-41-34(36)37/h1-2,5-6,9-12,15-22,38H,3-4,7-8,13-14,23,35H2,(H4,36,37,41). The molecule has 5 aromatic rings. The SMILES string of the molecule is NCNCCCc1cccc(-c2cncc(-c3ccc(-c4cncc(-c5cccc(CCCN=C(N)N)c5)c4)s3)c2)c1. The topological polar surface area (TPSA) is 128 Å². The highest BCUT2D eigenvalue weighted by molar-refractivity contribution is 7.18. The Morgan fingerprint density at radius 2 is 1.21 bits per heavy atom. The minimum Gasteiger partial charge on any atom is -0.370 e. The highest BCUT2D eigenvalue weighted by Gasteiger charge is 2.10. The molecule has 3 heterocycles. The molecule has 7 N–H and O–H groups in total. The van der Waals surface area contributed by atoms with Gasteiger partial charge >= 0.3 is 0 Å². The molecule has 0 saturated carbocycles. The molecule has 0 aliphatic heterocycles. The molecule has 0 aliphatic rings. The van der Waals surface area contributed by atoms with Crippen LogP contribution in [0.15, 0.2) is 103 Å². The summed E-state index contributed by atoms with van der Waals surface area (Å²) in [6, 6.07) is 26.1. The van der Waals surface area contributed by atoms with E-state index in [9.17, 15) is 0 Å². The molecule has 0 atom stereocenters. The van der Waals surface area contributed by atoms with Gasteiger partial charge in [-0.1, -0.05) is 48.5 Å². The fourth-order valence-corrected chi connectivity index (χ4v) is 5.91. The second kappa shape index (κ2) is 14.5. The lowest BCUT2D eigenvalue weighted by Crippen LogP contribution is -2.23. The number of nitrogens with zero attached hydrogens (tertiary/aromatic N) is 3. The second-order valence-corrected chi connectivity index (χ2v) is 11.3. The fraction of sp³-hybridized carbons (Fsp3) is 0.206. The molecular weight excluding hydrogens is 538 g/mol. The summed E-state index contributed by atoms with van der Waals surface area (Å²) in [7, 11) is 0. The van der Waals surface area contributed by atoms with Crippen molar-refractivity contribution in [2.75, 3.05) is 19.8 Å². The van der Waals surface area contributed by atoms with Crippen LogP contribution >= 0.6 is 11.3 Å². The number of aryl methyl sites for hydroxylation is 2. The highest BCUT2D eigenvalue weighted by atomic mass is 32.1. The zero-order chi connectivity index (χ0) is 29.1. The third-order valence-electron chi connectivity index (χ3n) is 7.05. The maximum absolute atomic E-state index is 5.54. The van der Waals surface area contributed by atoms with Gasteiger partial charge in [0.2, 0.25) is 0 Å². The Morgan fingerprint density at radius 3 is 1.76 bits per heavy atom. The van der Waals surface area contributed by atoms with Gasteiger partial charge in [-0.2, -0.15) is 0 Å². The van der Waals surface area contributed by atoms with Crippen molar-refractivity contribution in [2.45, 2.75) is 25.7 Å². The van der Waals surface area contributed by atoms with Gasteiger partial charge in [0.25, 0.3) is 0 Å². The summed E-state index contributed by atoms with van der Waals surface area (Å²) in [5.41, 5.74) is 25.7. The van der Waals surface area contributed by atoms with Gasteiger partial charge in [0.1, 0.15) is 0 Å². The summed E-state index contributed by atoms with van der Waals surface area (Å²) < 4.78 is 0. The average Bonchev–Trinajstić information content (AvgIpc) is 3.53. The Balaban J connectivity index is 1.31. The number of thiophene rings is 1. The lowest BCUT2D eigenvalue weighted by Gasteiger charge is -2.08. The van der Waals surface area contributed by atoms with Crippen LogP contribution < -0.4 is 22.5 Å². The van der Waals surface area contributed by atoms with E-state index in [-0.39, 0.29) is 5.96 Å². The predicted octanol–water partition coefficient (Wildman–Crippen LogP) is 5.85. The normalized spacial score (nSPS) is 11.0. The molecule has 0 saturated heterocycles. The number of benzene rings is 2. The van der Waals surface area contributed by atoms with Gasteiger partial charge in [-0.25, -0.2) is 0 Å². The minimum atomic E-state index is 0.139. The fourth-order valence-electron chi connectivity index (χ4n) is 4.94. The van der Waals surface area contributed by atoms with E-state index >= 15 is 0 Å². The van der Waals surface area contributed by atoms with Crippen LogP contribution in [0.1, 0.15) is 24.0 Å². The zero-order valence-electron chi connectivity index (χ0n) is 23.7.